The average molecular weight is 257 g/mol. The maximum atomic E-state index is 10.9. The summed E-state index contributed by atoms with van der Waals surface area (Å²) in [6.07, 6.45) is 6.45. The molecule has 0 bridgehead atoms. The molecule has 0 aromatic rings. The van der Waals surface area contributed by atoms with Crippen molar-refractivity contribution in [2.24, 2.45) is 5.73 Å². The monoisotopic (exact) mass is 257 g/mol. The van der Waals surface area contributed by atoms with Gasteiger partial charge in [-0.2, -0.15) is 0 Å². The van der Waals surface area contributed by atoms with Crippen LogP contribution in [0.5, 0.6) is 0 Å². The third-order valence-corrected chi connectivity index (χ3v) is 3.79. The van der Waals surface area contributed by atoms with E-state index in [-0.39, 0.29) is 18.6 Å². The summed E-state index contributed by atoms with van der Waals surface area (Å²) in [5.41, 5.74) is 5.59. The molecule has 2 atom stereocenters. The number of hydrogen-bond donors (Lipinski definition) is 2. The van der Waals surface area contributed by atoms with Crippen molar-refractivity contribution in [3.8, 4) is 0 Å². The molecule has 18 heavy (non-hydrogen) atoms. The van der Waals surface area contributed by atoms with Gasteiger partial charge in [-0.1, -0.05) is 6.42 Å². The summed E-state index contributed by atoms with van der Waals surface area (Å²) in [7, 11) is 0. The zero-order valence-electron chi connectivity index (χ0n) is 10.8. The van der Waals surface area contributed by atoms with Crippen molar-refractivity contribution in [3.63, 3.8) is 0 Å². The number of rotatable bonds is 4. The molecule has 5 nitrogen and oxygen atoms in total. The van der Waals surface area contributed by atoms with Crippen LogP contribution in [0.25, 0.3) is 0 Å². The van der Waals surface area contributed by atoms with Crippen LogP contribution in [0, 0.1) is 0 Å². The van der Waals surface area contributed by atoms with Crippen LogP contribution in [0.15, 0.2) is 0 Å². The fraction of sp³-hybridized carbons (Fsp3) is 0.923. The molecule has 1 saturated heterocycles. The second kappa shape index (κ2) is 5.99. The van der Waals surface area contributed by atoms with E-state index in [1.165, 1.54) is 6.42 Å². The predicted molar refractivity (Wildman–Crippen MR) is 66.1 cm³/mol. The third-order valence-electron chi connectivity index (χ3n) is 3.79. The molecule has 2 aliphatic rings. The van der Waals surface area contributed by atoms with E-state index in [0.717, 1.165) is 32.1 Å². The van der Waals surface area contributed by atoms with E-state index in [1.54, 1.807) is 0 Å². The minimum Gasteiger partial charge on any atom is -0.481 e. The summed E-state index contributed by atoms with van der Waals surface area (Å²) in [6, 6.07) is 0. The maximum Gasteiger partial charge on any atom is 0.305 e. The van der Waals surface area contributed by atoms with Crippen LogP contribution in [-0.2, 0) is 14.3 Å². The molecule has 2 fully saturated rings. The fourth-order valence-electron chi connectivity index (χ4n) is 3.03. The van der Waals surface area contributed by atoms with E-state index in [2.05, 4.69) is 0 Å². The molecule has 1 spiro atoms. The Hall–Kier alpha value is -0.650. The van der Waals surface area contributed by atoms with Gasteiger partial charge in [-0.05, 0) is 25.8 Å². The molecule has 0 aromatic heterocycles. The van der Waals surface area contributed by atoms with Gasteiger partial charge in [0.15, 0.2) is 5.79 Å². The van der Waals surface area contributed by atoms with Crippen LogP contribution >= 0.6 is 0 Å². The Morgan fingerprint density at radius 3 is 2.50 bits per heavy atom. The Labute approximate surface area is 108 Å². The van der Waals surface area contributed by atoms with Crippen LogP contribution in [0.4, 0.5) is 0 Å². The number of carboxylic acids is 1. The summed E-state index contributed by atoms with van der Waals surface area (Å²) < 4.78 is 12.0. The molecule has 104 valence electrons. The number of hydrogen-bond acceptors (Lipinski definition) is 4. The van der Waals surface area contributed by atoms with Crippen LogP contribution in [0.2, 0.25) is 0 Å². The SMILES string of the molecule is NCCC1CC(CC(=O)O)OC2(CCCCC2)O1. The highest BCUT2D eigenvalue weighted by Crippen LogP contribution is 2.40. The molecule has 1 aliphatic carbocycles. The average Bonchev–Trinajstić information content (AvgIpc) is 2.28. The molecule has 3 N–H and O–H groups in total. The van der Waals surface area contributed by atoms with Crippen LogP contribution in [0.1, 0.15) is 51.4 Å². The summed E-state index contributed by atoms with van der Waals surface area (Å²) in [6.45, 7) is 0.570. The fourth-order valence-corrected chi connectivity index (χ4v) is 3.03. The van der Waals surface area contributed by atoms with Crippen molar-refractivity contribution < 1.29 is 19.4 Å². The molecule has 1 heterocycles. The molecule has 0 aromatic carbocycles. The maximum absolute atomic E-state index is 10.9. The molecular formula is C13H23NO4. The molecule has 0 radical (unpaired) electrons. The van der Waals surface area contributed by atoms with Gasteiger partial charge in [-0.25, -0.2) is 0 Å². The van der Waals surface area contributed by atoms with Crippen LogP contribution in [-0.4, -0.2) is 35.6 Å². The lowest BCUT2D eigenvalue weighted by molar-refractivity contribution is -0.329. The number of aliphatic carboxylic acids is 1. The van der Waals surface area contributed by atoms with Crippen molar-refractivity contribution in [1.82, 2.24) is 0 Å². The Morgan fingerprint density at radius 2 is 1.89 bits per heavy atom. The Morgan fingerprint density at radius 1 is 1.22 bits per heavy atom. The minimum atomic E-state index is -0.806. The van der Waals surface area contributed by atoms with Gasteiger partial charge in [0, 0.05) is 19.3 Å². The van der Waals surface area contributed by atoms with E-state index < -0.39 is 11.8 Å². The Bertz CT molecular complexity index is 289. The van der Waals surface area contributed by atoms with Crippen molar-refractivity contribution in [2.75, 3.05) is 6.54 Å². The van der Waals surface area contributed by atoms with Gasteiger partial charge in [0.05, 0.1) is 18.6 Å². The topological polar surface area (TPSA) is 81.8 Å². The largest absolute Gasteiger partial charge is 0.481 e. The number of nitrogens with two attached hydrogens (primary N) is 1. The van der Waals surface area contributed by atoms with Gasteiger partial charge >= 0.3 is 5.97 Å². The van der Waals surface area contributed by atoms with Crippen molar-refractivity contribution in [3.05, 3.63) is 0 Å². The van der Waals surface area contributed by atoms with Gasteiger partial charge in [-0.3, -0.25) is 4.79 Å². The zero-order valence-corrected chi connectivity index (χ0v) is 10.8. The molecule has 1 aliphatic heterocycles. The normalized spacial score (nSPS) is 31.4. The summed E-state index contributed by atoms with van der Waals surface area (Å²) in [5.74, 6) is -1.34. The number of carbonyl (C=O) groups is 1. The number of carboxylic acid groups (broad SMARTS) is 1. The Balaban J connectivity index is 2.02. The molecule has 2 rings (SSSR count). The van der Waals surface area contributed by atoms with Gasteiger partial charge in [-0.15, -0.1) is 0 Å². The van der Waals surface area contributed by atoms with E-state index in [9.17, 15) is 4.79 Å². The predicted octanol–water partition coefficient (Wildman–Crippen LogP) is 1.64. The van der Waals surface area contributed by atoms with Gasteiger partial charge in [0.2, 0.25) is 0 Å². The number of ether oxygens (including phenoxy) is 2. The van der Waals surface area contributed by atoms with Gasteiger partial charge < -0.3 is 20.3 Å². The lowest BCUT2D eigenvalue weighted by atomic mass is 9.91. The first-order valence-corrected chi connectivity index (χ1v) is 6.91. The molecule has 1 saturated carbocycles. The zero-order chi connectivity index (χ0) is 13.0. The third kappa shape index (κ3) is 3.43. The van der Waals surface area contributed by atoms with Crippen molar-refractivity contribution >= 4 is 5.97 Å². The van der Waals surface area contributed by atoms with Crippen molar-refractivity contribution in [2.45, 2.75) is 69.4 Å². The first kappa shape index (κ1) is 13.8. The molecule has 0 amide bonds. The van der Waals surface area contributed by atoms with Crippen LogP contribution < -0.4 is 5.73 Å². The minimum absolute atomic E-state index is 0.0474. The standard InChI is InChI=1S/C13H23NO4/c14-7-4-10-8-11(9-12(15)16)18-13(17-10)5-2-1-3-6-13/h10-11H,1-9,14H2,(H,15,16). The van der Waals surface area contributed by atoms with Gasteiger partial charge in [0.1, 0.15) is 0 Å². The highest BCUT2D eigenvalue weighted by atomic mass is 16.7. The Kier molecular flexibility index (Phi) is 4.59. The summed E-state index contributed by atoms with van der Waals surface area (Å²) >= 11 is 0. The summed E-state index contributed by atoms with van der Waals surface area (Å²) in [4.78, 5) is 10.9. The highest BCUT2D eigenvalue weighted by molar-refractivity contribution is 5.67. The second-order valence-corrected chi connectivity index (χ2v) is 5.36. The van der Waals surface area contributed by atoms with E-state index >= 15 is 0 Å². The quantitative estimate of drug-likeness (QED) is 0.800. The second-order valence-electron chi connectivity index (χ2n) is 5.36. The molecule has 2 unspecified atom stereocenters. The lowest BCUT2D eigenvalue weighted by Crippen LogP contribution is -2.50. The first-order chi connectivity index (χ1) is 8.63. The van der Waals surface area contributed by atoms with E-state index in [4.69, 9.17) is 20.3 Å². The van der Waals surface area contributed by atoms with Gasteiger partial charge in [0.25, 0.3) is 0 Å². The van der Waals surface area contributed by atoms with E-state index in [0.29, 0.717) is 13.0 Å². The molecular weight excluding hydrogens is 234 g/mol. The smallest absolute Gasteiger partial charge is 0.305 e. The van der Waals surface area contributed by atoms with Crippen molar-refractivity contribution in [1.29, 1.82) is 0 Å². The lowest BCUT2D eigenvalue weighted by Gasteiger charge is -2.46. The van der Waals surface area contributed by atoms with E-state index in [1.807, 2.05) is 0 Å². The van der Waals surface area contributed by atoms with Crippen LogP contribution in [0.3, 0.4) is 0 Å². The molecule has 5 heteroatoms. The summed E-state index contributed by atoms with van der Waals surface area (Å²) in [5, 5.41) is 8.92. The first-order valence-electron chi connectivity index (χ1n) is 6.91. The highest BCUT2D eigenvalue weighted by Gasteiger charge is 2.43.